The molecule has 0 aliphatic carbocycles. The summed E-state index contributed by atoms with van der Waals surface area (Å²) in [6, 6.07) is 0. The van der Waals surface area contributed by atoms with Gasteiger partial charge in [-0.1, -0.05) is 0 Å². The van der Waals surface area contributed by atoms with Gasteiger partial charge in [0.25, 0.3) is 0 Å². The van der Waals surface area contributed by atoms with Gasteiger partial charge >= 0.3 is 6.09 Å². The van der Waals surface area contributed by atoms with Crippen LogP contribution in [0.3, 0.4) is 0 Å². The second kappa shape index (κ2) is 5.05. The number of primary amides is 1. The molecule has 60 valence electrons. The van der Waals surface area contributed by atoms with E-state index in [-0.39, 0.29) is 0 Å². The van der Waals surface area contributed by atoms with E-state index in [9.17, 15) is 0 Å². The van der Waals surface area contributed by atoms with Gasteiger partial charge in [-0.15, -0.1) is 0 Å². The Labute approximate surface area is 60.6 Å². The van der Waals surface area contributed by atoms with E-state index in [2.05, 4.69) is 17.7 Å². The van der Waals surface area contributed by atoms with E-state index in [1.807, 2.05) is 0 Å². The van der Waals surface area contributed by atoms with E-state index < -0.39 is 6.09 Å². The lowest BCUT2D eigenvalue weighted by Crippen LogP contribution is -2.10. The Bertz CT molecular complexity index is 95.9. The molecule has 0 bridgehead atoms. The molecule has 1 aliphatic heterocycles. The quantitative estimate of drug-likeness (QED) is 0.517. The maximum absolute atomic E-state index is 8.78. The maximum atomic E-state index is 8.78. The van der Waals surface area contributed by atoms with Crippen LogP contribution < -0.4 is 5.73 Å². The van der Waals surface area contributed by atoms with Crippen molar-refractivity contribution in [3.8, 4) is 0 Å². The molecule has 0 aromatic heterocycles. The van der Waals surface area contributed by atoms with Gasteiger partial charge in [0.05, 0.1) is 0 Å². The largest absolute Gasteiger partial charge is 0.465 e. The van der Waals surface area contributed by atoms with Crippen LogP contribution in [0.2, 0.25) is 0 Å². The molecule has 4 heteroatoms. The first kappa shape index (κ1) is 9.23. The van der Waals surface area contributed by atoms with E-state index in [0.717, 1.165) is 0 Å². The number of amides is 1. The molecular formula is C6H14N2O2. The zero-order chi connectivity index (χ0) is 7.98. The van der Waals surface area contributed by atoms with Crippen molar-refractivity contribution in [2.45, 2.75) is 12.8 Å². The fraction of sp³-hybridized carbons (Fsp3) is 0.833. The van der Waals surface area contributed by atoms with Gasteiger partial charge in [-0.05, 0) is 33.0 Å². The average Bonchev–Trinajstić information content (AvgIpc) is 2.15. The number of likely N-dealkylation sites (tertiary alicyclic amines) is 1. The van der Waals surface area contributed by atoms with Gasteiger partial charge in [0.1, 0.15) is 0 Å². The molecule has 0 aromatic carbocycles. The second-order valence-electron chi connectivity index (χ2n) is 2.35. The summed E-state index contributed by atoms with van der Waals surface area (Å²) < 4.78 is 0. The van der Waals surface area contributed by atoms with Gasteiger partial charge in [-0.3, -0.25) is 0 Å². The van der Waals surface area contributed by atoms with Crippen LogP contribution in [0.4, 0.5) is 4.79 Å². The highest BCUT2D eigenvalue weighted by atomic mass is 16.4. The van der Waals surface area contributed by atoms with Crippen LogP contribution in [0.1, 0.15) is 12.8 Å². The minimum Gasteiger partial charge on any atom is -0.465 e. The Balaban J connectivity index is 0.000000180. The summed E-state index contributed by atoms with van der Waals surface area (Å²) in [7, 11) is 2.17. The fourth-order valence-electron chi connectivity index (χ4n) is 0.875. The lowest BCUT2D eigenvalue weighted by Gasteiger charge is -2.01. The zero-order valence-corrected chi connectivity index (χ0v) is 6.21. The van der Waals surface area contributed by atoms with Crippen molar-refractivity contribution in [2.24, 2.45) is 5.73 Å². The molecule has 1 rings (SSSR count). The molecule has 4 nitrogen and oxygen atoms in total. The molecule has 0 aromatic rings. The van der Waals surface area contributed by atoms with E-state index in [4.69, 9.17) is 9.90 Å². The normalized spacial score (nSPS) is 17.7. The fourth-order valence-corrected chi connectivity index (χ4v) is 0.875. The van der Waals surface area contributed by atoms with Crippen LogP contribution in [0.25, 0.3) is 0 Å². The van der Waals surface area contributed by atoms with E-state index >= 15 is 0 Å². The van der Waals surface area contributed by atoms with Crippen molar-refractivity contribution in [1.29, 1.82) is 0 Å². The first-order valence-corrected chi connectivity index (χ1v) is 3.30. The van der Waals surface area contributed by atoms with Crippen LogP contribution in [-0.2, 0) is 0 Å². The molecular weight excluding hydrogens is 132 g/mol. The van der Waals surface area contributed by atoms with Crippen molar-refractivity contribution < 1.29 is 9.90 Å². The number of hydrogen-bond acceptors (Lipinski definition) is 2. The van der Waals surface area contributed by atoms with Crippen molar-refractivity contribution in [2.75, 3.05) is 20.1 Å². The SMILES string of the molecule is CN1CCCC1.NC(=O)O. The molecule has 10 heavy (non-hydrogen) atoms. The third kappa shape index (κ3) is 7.23. The van der Waals surface area contributed by atoms with E-state index in [0.29, 0.717) is 0 Å². The molecule has 1 saturated heterocycles. The van der Waals surface area contributed by atoms with Gasteiger partial charge in [-0.25, -0.2) is 4.79 Å². The van der Waals surface area contributed by atoms with Crippen molar-refractivity contribution in [3.63, 3.8) is 0 Å². The first-order valence-electron chi connectivity index (χ1n) is 3.30. The monoisotopic (exact) mass is 146 g/mol. The second-order valence-corrected chi connectivity index (χ2v) is 2.35. The molecule has 3 N–H and O–H groups in total. The molecule has 0 spiro atoms. The van der Waals surface area contributed by atoms with Gasteiger partial charge in [0.2, 0.25) is 0 Å². The van der Waals surface area contributed by atoms with Gasteiger partial charge < -0.3 is 15.7 Å². The zero-order valence-electron chi connectivity index (χ0n) is 6.21. The molecule has 1 aliphatic rings. The summed E-state index contributed by atoms with van der Waals surface area (Å²) in [5.74, 6) is 0. The highest BCUT2D eigenvalue weighted by Gasteiger charge is 2.03. The number of nitrogens with zero attached hydrogens (tertiary/aromatic N) is 1. The Morgan fingerprint density at radius 3 is 1.90 bits per heavy atom. The van der Waals surface area contributed by atoms with Crippen molar-refractivity contribution in [3.05, 3.63) is 0 Å². The molecule has 0 atom stereocenters. The van der Waals surface area contributed by atoms with Crippen LogP contribution in [-0.4, -0.2) is 36.2 Å². The lowest BCUT2D eigenvalue weighted by molar-refractivity contribution is 0.205. The number of nitrogens with two attached hydrogens (primary N) is 1. The Kier molecular flexibility index (Phi) is 4.66. The Hall–Kier alpha value is -0.770. The Morgan fingerprint density at radius 1 is 1.50 bits per heavy atom. The van der Waals surface area contributed by atoms with Crippen LogP contribution >= 0.6 is 0 Å². The van der Waals surface area contributed by atoms with Crippen molar-refractivity contribution >= 4 is 6.09 Å². The topological polar surface area (TPSA) is 66.6 Å². The van der Waals surface area contributed by atoms with Gasteiger partial charge in [0, 0.05) is 0 Å². The molecule has 1 heterocycles. The van der Waals surface area contributed by atoms with Crippen molar-refractivity contribution in [1.82, 2.24) is 4.90 Å². The first-order chi connectivity index (χ1) is 4.63. The van der Waals surface area contributed by atoms with Gasteiger partial charge in [0.15, 0.2) is 0 Å². The number of carbonyl (C=O) groups is 1. The summed E-state index contributed by atoms with van der Waals surface area (Å²) in [4.78, 5) is 11.1. The Morgan fingerprint density at radius 2 is 1.80 bits per heavy atom. The molecule has 0 radical (unpaired) electrons. The minimum absolute atomic E-state index is 1.32. The predicted octanol–water partition coefficient (Wildman–Crippen LogP) is 0.335. The summed E-state index contributed by atoms with van der Waals surface area (Å²) >= 11 is 0. The molecule has 0 saturated carbocycles. The summed E-state index contributed by atoms with van der Waals surface area (Å²) in [6.45, 7) is 2.64. The summed E-state index contributed by atoms with van der Waals surface area (Å²) in [5, 5.41) is 7.19. The summed E-state index contributed by atoms with van der Waals surface area (Å²) in [5.41, 5.74) is 4.03. The smallest absolute Gasteiger partial charge is 0.402 e. The van der Waals surface area contributed by atoms with Crippen LogP contribution in [0.15, 0.2) is 0 Å². The summed E-state index contributed by atoms with van der Waals surface area (Å²) in [6.07, 6.45) is 1.49. The number of carboxylic acid groups (broad SMARTS) is 1. The van der Waals surface area contributed by atoms with Gasteiger partial charge in [-0.2, -0.15) is 0 Å². The molecule has 0 unspecified atom stereocenters. The standard InChI is InChI=1S/C5H11N.CH3NO2/c1-6-4-2-3-5-6;2-1(3)4/h2-5H2,1H3;2H2,(H,3,4). The maximum Gasteiger partial charge on any atom is 0.402 e. The van der Waals surface area contributed by atoms with E-state index in [1.165, 1.54) is 25.9 Å². The lowest BCUT2D eigenvalue weighted by atomic mass is 10.4. The molecule has 1 amide bonds. The third-order valence-corrected chi connectivity index (χ3v) is 1.33. The number of hydrogen-bond donors (Lipinski definition) is 2. The minimum atomic E-state index is -1.33. The highest BCUT2D eigenvalue weighted by Crippen LogP contribution is 2.01. The highest BCUT2D eigenvalue weighted by molar-refractivity contribution is 5.61. The number of rotatable bonds is 0. The third-order valence-electron chi connectivity index (χ3n) is 1.33. The average molecular weight is 146 g/mol. The van der Waals surface area contributed by atoms with Crippen LogP contribution in [0, 0.1) is 0 Å². The molecule has 1 fully saturated rings. The van der Waals surface area contributed by atoms with E-state index in [1.54, 1.807) is 0 Å². The van der Waals surface area contributed by atoms with Crippen LogP contribution in [0.5, 0.6) is 0 Å². The predicted molar refractivity (Wildman–Crippen MR) is 38.9 cm³/mol.